The third-order valence-corrected chi connectivity index (χ3v) is 4.75. The zero-order valence-electron chi connectivity index (χ0n) is 15.4. The van der Waals surface area contributed by atoms with Crippen molar-refractivity contribution < 1.29 is 4.74 Å². The molecule has 3 aromatic rings. The fourth-order valence-electron chi connectivity index (χ4n) is 2.54. The van der Waals surface area contributed by atoms with Crippen LogP contribution in [0.2, 0.25) is 0 Å². The first-order valence-corrected chi connectivity index (χ1v) is 8.89. The van der Waals surface area contributed by atoms with Crippen LogP contribution in [0.5, 0.6) is 5.75 Å². The molecule has 2 aromatic heterocycles. The molecule has 0 unspecified atom stereocenters. The molecule has 9 nitrogen and oxygen atoms in total. The molecular formula is C17H19BrN6O3. The average molecular weight is 435 g/mol. The van der Waals surface area contributed by atoms with E-state index >= 15 is 0 Å². The van der Waals surface area contributed by atoms with Gasteiger partial charge in [0.2, 0.25) is 5.95 Å². The minimum absolute atomic E-state index is 0.278. The summed E-state index contributed by atoms with van der Waals surface area (Å²) in [4.78, 5) is 28.7. The number of ether oxygens (including phenoxy) is 1. The van der Waals surface area contributed by atoms with Crippen molar-refractivity contribution >= 4 is 38.8 Å². The fraction of sp³-hybridized carbons (Fsp3) is 0.294. The van der Waals surface area contributed by atoms with E-state index in [4.69, 9.17) is 4.74 Å². The Labute approximate surface area is 163 Å². The maximum atomic E-state index is 12.4. The molecule has 3 rings (SSSR count). The van der Waals surface area contributed by atoms with Gasteiger partial charge in [-0.2, -0.15) is 10.1 Å². The van der Waals surface area contributed by atoms with Crippen molar-refractivity contribution in [2.75, 3.05) is 12.0 Å². The molecule has 27 heavy (non-hydrogen) atoms. The fourth-order valence-corrected chi connectivity index (χ4v) is 2.94. The molecule has 142 valence electrons. The van der Waals surface area contributed by atoms with E-state index in [0.717, 1.165) is 9.04 Å². The van der Waals surface area contributed by atoms with Gasteiger partial charge in [0.1, 0.15) is 12.4 Å². The first-order valence-electron chi connectivity index (χ1n) is 8.10. The number of aryl methyl sites for hydroxylation is 2. The SMILES string of the molecule is C/C(COc1ccccc1Br)=N/Nc1nc2c(c(=O)n(C)c(=O)n2C)n1C. The molecular weight excluding hydrogens is 416 g/mol. The quantitative estimate of drug-likeness (QED) is 0.485. The van der Waals surface area contributed by atoms with E-state index in [9.17, 15) is 9.59 Å². The lowest BCUT2D eigenvalue weighted by molar-refractivity contribution is 0.373. The molecule has 0 aliphatic rings. The largest absolute Gasteiger partial charge is 0.486 e. The van der Waals surface area contributed by atoms with Crippen LogP contribution in [0.25, 0.3) is 11.2 Å². The van der Waals surface area contributed by atoms with Crippen molar-refractivity contribution in [3.63, 3.8) is 0 Å². The Morgan fingerprint density at radius 3 is 2.59 bits per heavy atom. The summed E-state index contributed by atoms with van der Waals surface area (Å²) in [6.45, 7) is 2.08. The third kappa shape index (κ3) is 3.52. The lowest BCUT2D eigenvalue weighted by atomic mass is 10.3. The highest BCUT2D eigenvalue weighted by atomic mass is 79.9. The molecule has 0 aliphatic heterocycles. The molecule has 2 heterocycles. The first kappa shape index (κ1) is 18.9. The van der Waals surface area contributed by atoms with E-state index in [2.05, 4.69) is 31.4 Å². The molecule has 0 saturated heterocycles. The standard InChI is InChI=1S/C17H19BrN6O3/c1-10(9-27-12-8-6-5-7-11(12)18)20-21-16-19-14-13(22(16)2)15(25)24(4)17(26)23(14)3/h5-8H,9H2,1-4H3,(H,19,21)/b20-10-. The number of anilines is 1. The smallest absolute Gasteiger partial charge is 0.332 e. The van der Waals surface area contributed by atoms with E-state index in [-0.39, 0.29) is 6.61 Å². The summed E-state index contributed by atoms with van der Waals surface area (Å²) in [6.07, 6.45) is 0. The van der Waals surface area contributed by atoms with Crippen LogP contribution < -0.4 is 21.4 Å². The number of hydrogen-bond acceptors (Lipinski definition) is 6. The summed E-state index contributed by atoms with van der Waals surface area (Å²) in [5, 5.41) is 4.25. The molecule has 10 heteroatoms. The number of halogens is 1. The number of benzene rings is 1. The van der Waals surface area contributed by atoms with Gasteiger partial charge in [-0.25, -0.2) is 10.2 Å². The second-order valence-corrected chi connectivity index (χ2v) is 6.90. The highest BCUT2D eigenvalue weighted by Gasteiger charge is 2.16. The summed E-state index contributed by atoms with van der Waals surface area (Å²) >= 11 is 3.42. The van der Waals surface area contributed by atoms with Crippen LogP contribution in [0.3, 0.4) is 0 Å². The van der Waals surface area contributed by atoms with E-state index in [1.54, 1.807) is 25.6 Å². The van der Waals surface area contributed by atoms with Crippen LogP contribution in [0.15, 0.2) is 43.4 Å². The van der Waals surface area contributed by atoms with E-state index in [1.807, 2.05) is 24.3 Å². The molecule has 0 radical (unpaired) electrons. The van der Waals surface area contributed by atoms with Gasteiger partial charge in [-0.05, 0) is 35.0 Å². The second-order valence-electron chi connectivity index (χ2n) is 6.05. The van der Waals surface area contributed by atoms with Crippen LogP contribution in [-0.4, -0.2) is 31.0 Å². The van der Waals surface area contributed by atoms with Crippen molar-refractivity contribution in [2.24, 2.45) is 26.2 Å². The van der Waals surface area contributed by atoms with Crippen molar-refractivity contribution in [1.82, 2.24) is 18.7 Å². The highest BCUT2D eigenvalue weighted by Crippen LogP contribution is 2.23. The zero-order chi connectivity index (χ0) is 19.7. The van der Waals surface area contributed by atoms with Gasteiger partial charge in [-0.15, -0.1) is 0 Å². The molecule has 0 saturated carbocycles. The van der Waals surface area contributed by atoms with Gasteiger partial charge in [0, 0.05) is 21.1 Å². The predicted octanol–water partition coefficient (Wildman–Crippen LogP) is 1.60. The topological polar surface area (TPSA) is 95.4 Å². The van der Waals surface area contributed by atoms with Crippen LogP contribution >= 0.6 is 15.9 Å². The molecule has 1 N–H and O–H groups in total. The maximum absolute atomic E-state index is 12.4. The number of imidazole rings is 1. The number of hydrazone groups is 1. The van der Waals surface area contributed by atoms with Gasteiger partial charge in [0.05, 0.1) is 10.2 Å². The Bertz CT molecular complexity index is 1160. The van der Waals surface area contributed by atoms with E-state index in [1.165, 1.54) is 11.6 Å². The minimum Gasteiger partial charge on any atom is -0.486 e. The molecule has 0 atom stereocenters. The van der Waals surface area contributed by atoms with Gasteiger partial charge in [-0.1, -0.05) is 12.1 Å². The number of aromatic nitrogens is 4. The number of nitrogens with zero attached hydrogens (tertiary/aromatic N) is 5. The molecule has 0 bridgehead atoms. The van der Waals surface area contributed by atoms with Crippen LogP contribution in [0.1, 0.15) is 6.92 Å². The molecule has 0 spiro atoms. The number of rotatable bonds is 5. The molecule has 1 aromatic carbocycles. The summed E-state index contributed by atoms with van der Waals surface area (Å²) in [5.41, 5.74) is 3.29. The molecule has 0 aliphatic carbocycles. The number of fused-ring (bicyclic) bond motifs is 1. The van der Waals surface area contributed by atoms with Crippen molar-refractivity contribution in [1.29, 1.82) is 0 Å². The Kier molecular flexibility index (Phi) is 5.17. The first-order chi connectivity index (χ1) is 12.8. The second kappa shape index (κ2) is 7.39. The number of para-hydroxylation sites is 1. The van der Waals surface area contributed by atoms with Gasteiger partial charge in [0.15, 0.2) is 11.2 Å². The van der Waals surface area contributed by atoms with Gasteiger partial charge >= 0.3 is 5.69 Å². The third-order valence-electron chi connectivity index (χ3n) is 4.10. The van der Waals surface area contributed by atoms with Gasteiger partial charge in [-0.3, -0.25) is 13.9 Å². The van der Waals surface area contributed by atoms with Crippen LogP contribution in [0, 0.1) is 0 Å². The maximum Gasteiger partial charge on any atom is 0.332 e. The highest BCUT2D eigenvalue weighted by molar-refractivity contribution is 9.10. The Balaban J connectivity index is 1.83. The Morgan fingerprint density at radius 2 is 1.89 bits per heavy atom. The van der Waals surface area contributed by atoms with E-state index < -0.39 is 11.2 Å². The van der Waals surface area contributed by atoms with Gasteiger partial charge < -0.3 is 9.30 Å². The van der Waals surface area contributed by atoms with Crippen molar-refractivity contribution in [2.45, 2.75) is 6.92 Å². The van der Waals surface area contributed by atoms with E-state index in [0.29, 0.717) is 28.6 Å². The minimum atomic E-state index is -0.432. The number of hydrogen-bond donors (Lipinski definition) is 1. The van der Waals surface area contributed by atoms with Crippen molar-refractivity contribution in [3.05, 3.63) is 49.6 Å². The van der Waals surface area contributed by atoms with Crippen molar-refractivity contribution in [3.8, 4) is 5.75 Å². The molecule has 0 amide bonds. The van der Waals surface area contributed by atoms with Gasteiger partial charge in [0.25, 0.3) is 5.56 Å². The zero-order valence-corrected chi connectivity index (χ0v) is 16.9. The summed E-state index contributed by atoms with van der Waals surface area (Å²) in [7, 11) is 4.69. The lowest BCUT2D eigenvalue weighted by Crippen LogP contribution is -2.37. The normalized spacial score (nSPS) is 11.8. The predicted molar refractivity (Wildman–Crippen MR) is 108 cm³/mol. The Hall–Kier alpha value is -2.88. The van der Waals surface area contributed by atoms with Crippen LogP contribution in [0.4, 0.5) is 5.95 Å². The summed E-state index contributed by atoms with van der Waals surface area (Å²) in [6, 6.07) is 7.54. The molecule has 0 fully saturated rings. The summed E-state index contributed by atoms with van der Waals surface area (Å²) < 4.78 is 10.5. The Morgan fingerprint density at radius 1 is 1.19 bits per heavy atom. The van der Waals surface area contributed by atoms with Crippen LogP contribution in [-0.2, 0) is 21.1 Å². The summed E-state index contributed by atoms with van der Waals surface area (Å²) in [5.74, 6) is 1.07. The average Bonchev–Trinajstić information content (AvgIpc) is 2.99. The monoisotopic (exact) mass is 434 g/mol. The number of nitrogens with one attached hydrogen (secondary N) is 1. The lowest BCUT2D eigenvalue weighted by Gasteiger charge is -2.08.